The molecule has 6 nitrogen and oxygen atoms in total. The van der Waals surface area contributed by atoms with E-state index >= 15 is 0 Å². The zero-order chi connectivity index (χ0) is 14.5. The summed E-state index contributed by atoms with van der Waals surface area (Å²) in [5.41, 5.74) is 0.297. The Labute approximate surface area is 122 Å². The second kappa shape index (κ2) is 6.67. The van der Waals surface area contributed by atoms with Gasteiger partial charge in [0, 0.05) is 19.3 Å². The van der Waals surface area contributed by atoms with Gasteiger partial charge in [-0.05, 0) is 19.1 Å². The van der Waals surface area contributed by atoms with Crippen molar-refractivity contribution in [3.8, 4) is 0 Å². The van der Waals surface area contributed by atoms with E-state index in [0.717, 1.165) is 0 Å². The van der Waals surface area contributed by atoms with Gasteiger partial charge >= 0.3 is 0 Å². The van der Waals surface area contributed by atoms with Crippen LogP contribution in [0.15, 0.2) is 18.3 Å². The van der Waals surface area contributed by atoms with Crippen molar-refractivity contribution in [3.63, 3.8) is 0 Å². The molecular weight excluding hydrogens is 282 g/mol. The molecule has 0 bridgehead atoms. The van der Waals surface area contributed by atoms with Crippen LogP contribution in [-0.4, -0.2) is 54.0 Å². The topological polar surface area (TPSA) is 71.5 Å². The SMILES string of the molecule is CCNC(=O)C1COCCN1C(=O)c1cccnc1Cl. The molecule has 0 spiro atoms. The number of rotatable bonds is 3. The highest BCUT2D eigenvalue weighted by Crippen LogP contribution is 2.18. The molecule has 0 saturated carbocycles. The second-order valence-corrected chi connectivity index (χ2v) is 4.68. The van der Waals surface area contributed by atoms with Crippen molar-refractivity contribution < 1.29 is 14.3 Å². The van der Waals surface area contributed by atoms with Gasteiger partial charge in [0.15, 0.2) is 0 Å². The standard InChI is InChI=1S/C13H16ClN3O3/c1-2-15-12(18)10-8-20-7-6-17(10)13(19)9-4-3-5-16-11(9)14/h3-5,10H,2,6-8H2,1H3,(H,15,18). The van der Waals surface area contributed by atoms with Gasteiger partial charge in [-0.3, -0.25) is 9.59 Å². The average Bonchev–Trinajstić information content (AvgIpc) is 2.47. The number of amides is 2. The number of likely N-dealkylation sites (N-methyl/N-ethyl adjacent to an activating group) is 1. The molecule has 1 aromatic heterocycles. The van der Waals surface area contributed by atoms with Crippen LogP contribution in [0, 0.1) is 0 Å². The van der Waals surface area contributed by atoms with Crippen molar-refractivity contribution in [2.45, 2.75) is 13.0 Å². The summed E-state index contributed by atoms with van der Waals surface area (Å²) in [7, 11) is 0. The van der Waals surface area contributed by atoms with Gasteiger partial charge in [0.1, 0.15) is 11.2 Å². The zero-order valence-electron chi connectivity index (χ0n) is 11.1. The lowest BCUT2D eigenvalue weighted by Gasteiger charge is -2.34. The van der Waals surface area contributed by atoms with E-state index in [-0.39, 0.29) is 23.6 Å². The molecule has 2 rings (SSSR count). The van der Waals surface area contributed by atoms with E-state index in [2.05, 4.69) is 10.3 Å². The second-order valence-electron chi connectivity index (χ2n) is 4.33. The lowest BCUT2D eigenvalue weighted by Crippen LogP contribution is -2.55. The normalized spacial score (nSPS) is 18.7. The van der Waals surface area contributed by atoms with Crippen molar-refractivity contribution in [2.24, 2.45) is 0 Å². The number of nitrogens with one attached hydrogen (secondary N) is 1. The fraction of sp³-hybridized carbons (Fsp3) is 0.462. The molecule has 1 aliphatic heterocycles. The Morgan fingerprint density at radius 2 is 2.40 bits per heavy atom. The maximum absolute atomic E-state index is 12.5. The van der Waals surface area contributed by atoms with E-state index < -0.39 is 6.04 Å². The van der Waals surface area contributed by atoms with Crippen molar-refractivity contribution in [2.75, 3.05) is 26.3 Å². The van der Waals surface area contributed by atoms with E-state index in [0.29, 0.717) is 25.3 Å². The van der Waals surface area contributed by atoms with E-state index in [1.165, 1.54) is 11.1 Å². The molecule has 1 unspecified atom stereocenters. The molecule has 1 aliphatic rings. The van der Waals surface area contributed by atoms with Gasteiger partial charge in [-0.1, -0.05) is 11.6 Å². The number of nitrogens with zero attached hydrogens (tertiary/aromatic N) is 2. The monoisotopic (exact) mass is 297 g/mol. The fourth-order valence-electron chi connectivity index (χ4n) is 2.06. The first kappa shape index (κ1) is 14.7. The first-order valence-electron chi connectivity index (χ1n) is 6.42. The van der Waals surface area contributed by atoms with Crippen LogP contribution in [-0.2, 0) is 9.53 Å². The first-order valence-corrected chi connectivity index (χ1v) is 6.80. The number of morpholine rings is 1. The highest BCUT2D eigenvalue weighted by molar-refractivity contribution is 6.32. The van der Waals surface area contributed by atoms with Crippen LogP contribution < -0.4 is 5.32 Å². The first-order chi connectivity index (χ1) is 9.65. The molecular formula is C13H16ClN3O3. The molecule has 1 fully saturated rings. The van der Waals surface area contributed by atoms with E-state index in [9.17, 15) is 9.59 Å². The Morgan fingerprint density at radius 3 is 3.10 bits per heavy atom. The molecule has 0 aromatic carbocycles. The number of carbonyl (C=O) groups excluding carboxylic acids is 2. The minimum absolute atomic E-state index is 0.138. The molecule has 7 heteroatoms. The number of aromatic nitrogens is 1. The van der Waals surface area contributed by atoms with Gasteiger partial charge in [-0.15, -0.1) is 0 Å². The van der Waals surface area contributed by atoms with Crippen LogP contribution in [0.1, 0.15) is 17.3 Å². The molecule has 1 saturated heterocycles. The molecule has 1 aromatic rings. The minimum Gasteiger partial charge on any atom is -0.377 e. The van der Waals surface area contributed by atoms with Gasteiger partial charge in [0.25, 0.3) is 5.91 Å². The lowest BCUT2D eigenvalue weighted by atomic mass is 10.1. The van der Waals surface area contributed by atoms with Crippen LogP contribution in [0.25, 0.3) is 0 Å². The highest BCUT2D eigenvalue weighted by Gasteiger charge is 2.33. The summed E-state index contributed by atoms with van der Waals surface area (Å²) in [4.78, 5) is 29.9. The van der Waals surface area contributed by atoms with Crippen LogP contribution >= 0.6 is 11.6 Å². The molecule has 0 aliphatic carbocycles. The Hall–Kier alpha value is -1.66. The van der Waals surface area contributed by atoms with Crippen molar-refractivity contribution in [1.82, 2.24) is 15.2 Å². The van der Waals surface area contributed by atoms with E-state index in [1.54, 1.807) is 12.1 Å². The molecule has 0 radical (unpaired) electrons. The third-order valence-electron chi connectivity index (χ3n) is 3.03. The third-order valence-corrected chi connectivity index (χ3v) is 3.33. The van der Waals surface area contributed by atoms with Crippen LogP contribution in [0.5, 0.6) is 0 Å². The molecule has 1 N–H and O–H groups in total. The van der Waals surface area contributed by atoms with Crippen LogP contribution in [0.3, 0.4) is 0 Å². The molecule has 2 amide bonds. The quantitative estimate of drug-likeness (QED) is 0.834. The van der Waals surface area contributed by atoms with Gasteiger partial charge in [0.05, 0.1) is 18.8 Å². The van der Waals surface area contributed by atoms with Gasteiger partial charge in [0.2, 0.25) is 5.91 Å². The largest absolute Gasteiger partial charge is 0.377 e. The van der Waals surface area contributed by atoms with Gasteiger partial charge < -0.3 is 15.0 Å². The molecule has 2 heterocycles. The number of hydrogen-bond donors (Lipinski definition) is 1. The molecule has 108 valence electrons. The Balaban J connectivity index is 2.22. The predicted molar refractivity (Wildman–Crippen MR) is 73.6 cm³/mol. The van der Waals surface area contributed by atoms with Gasteiger partial charge in [-0.2, -0.15) is 0 Å². The third kappa shape index (κ3) is 3.08. The molecule has 1 atom stereocenters. The zero-order valence-corrected chi connectivity index (χ0v) is 11.9. The summed E-state index contributed by atoms with van der Waals surface area (Å²) in [5.74, 6) is -0.525. The van der Waals surface area contributed by atoms with Crippen molar-refractivity contribution in [1.29, 1.82) is 0 Å². The summed E-state index contributed by atoms with van der Waals surface area (Å²) in [6.07, 6.45) is 1.51. The van der Waals surface area contributed by atoms with E-state index in [1.807, 2.05) is 6.92 Å². The van der Waals surface area contributed by atoms with Crippen LogP contribution in [0.2, 0.25) is 5.15 Å². The average molecular weight is 298 g/mol. The highest BCUT2D eigenvalue weighted by atomic mass is 35.5. The lowest BCUT2D eigenvalue weighted by molar-refractivity contribution is -0.130. The smallest absolute Gasteiger partial charge is 0.257 e. The predicted octanol–water partition coefficient (Wildman–Crippen LogP) is 0.712. The summed E-state index contributed by atoms with van der Waals surface area (Å²) < 4.78 is 5.29. The van der Waals surface area contributed by atoms with Crippen LogP contribution in [0.4, 0.5) is 0 Å². The Morgan fingerprint density at radius 1 is 1.60 bits per heavy atom. The Kier molecular flexibility index (Phi) is 4.92. The summed E-state index contributed by atoms with van der Waals surface area (Å²) in [6.45, 7) is 3.28. The number of carbonyl (C=O) groups is 2. The van der Waals surface area contributed by atoms with Crippen molar-refractivity contribution >= 4 is 23.4 Å². The number of ether oxygens (including phenoxy) is 1. The fourth-order valence-corrected chi connectivity index (χ4v) is 2.26. The summed E-state index contributed by atoms with van der Waals surface area (Å²) in [5, 5.41) is 2.84. The van der Waals surface area contributed by atoms with Crippen molar-refractivity contribution in [3.05, 3.63) is 29.0 Å². The number of hydrogen-bond acceptors (Lipinski definition) is 4. The minimum atomic E-state index is -0.632. The number of pyridine rings is 1. The number of halogens is 1. The molecule has 20 heavy (non-hydrogen) atoms. The summed E-state index contributed by atoms with van der Waals surface area (Å²) in [6, 6.07) is 2.61. The maximum Gasteiger partial charge on any atom is 0.257 e. The maximum atomic E-state index is 12.5. The van der Waals surface area contributed by atoms with Gasteiger partial charge in [-0.25, -0.2) is 4.98 Å². The summed E-state index contributed by atoms with van der Waals surface area (Å²) >= 11 is 5.94. The van der Waals surface area contributed by atoms with E-state index in [4.69, 9.17) is 16.3 Å². The Bertz CT molecular complexity index is 509.